The lowest BCUT2D eigenvalue weighted by Gasteiger charge is -2.18. The maximum atomic E-state index is 12.4. The zero-order valence-electron chi connectivity index (χ0n) is 12.4. The summed E-state index contributed by atoms with van der Waals surface area (Å²) >= 11 is 11.9. The molecule has 7 heteroatoms. The second-order valence-corrected chi connectivity index (χ2v) is 7.74. The van der Waals surface area contributed by atoms with E-state index in [1.807, 2.05) is 6.92 Å². The Labute approximate surface area is 136 Å². The number of hydrogen-bond acceptors (Lipinski definition) is 3. The number of sulfonamides is 1. The highest BCUT2D eigenvalue weighted by Gasteiger charge is 2.23. The van der Waals surface area contributed by atoms with E-state index < -0.39 is 16.6 Å². The zero-order valence-corrected chi connectivity index (χ0v) is 14.7. The van der Waals surface area contributed by atoms with Crippen LogP contribution in [0.1, 0.15) is 39.2 Å². The molecule has 2 atom stereocenters. The molecule has 0 saturated heterocycles. The highest BCUT2D eigenvalue weighted by molar-refractivity contribution is 7.89. The SMILES string of the molecule is CCC(C)CC(C)NS(=O)(=O)c1ccc(Cl)c(CO)c1Cl. The van der Waals surface area contributed by atoms with Crippen molar-refractivity contribution < 1.29 is 13.5 Å². The number of halogens is 2. The topological polar surface area (TPSA) is 66.4 Å². The van der Waals surface area contributed by atoms with Crippen LogP contribution in [0, 0.1) is 5.92 Å². The molecule has 1 aromatic rings. The van der Waals surface area contributed by atoms with Gasteiger partial charge in [0.15, 0.2) is 0 Å². The predicted molar refractivity (Wildman–Crippen MR) is 86.2 cm³/mol. The molecule has 1 rings (SSSR count). The first-order valence-electron chi connectivity index (χ1n) is 6.83. The molecule has 2 unspecified atom stereocenters. The summed E-state index contributed by atoms with van der Waals surface area (Å²) in [5, 5.41) is 9.45. The summed E-state index contributed by atoms with van der Waals surface area (Å²) in [4.78, 5) is -0.0615. The molecule has 0 aliphatic heterocycles. The number of hydrogen-bond donors (Lipinski definition) is 2. The van der Waals surface area contributed by atoms with Gasteiger partial charge in [-0.05, 0) is 31.4 Å². The van der Waals surface area contributed by atoms with E-state index >= 15 is 0 Å². The molecule has 0 spiro atoms. The minimum Gasteiger partial charge on any atom is -0.392 e. The van der Waals surface area contributed by atoms with Crippen LogP contribution in [0.25, 0.3) is 0 Å². The van der Waals surface area contributed by atoms with Crippen LogP contribution < -0.4 is 4.72 Å². The Balaban J connectivity index is 3.04. The monoisotopic (exact) mass is 353 g/mol. The van der Waals surface area contributed by atoms with Crippen LogP contribution in [0.2, 0.25) is 10.0 Å². The third kappa shape index (κ3) is 4.83. The van der Waals surface area contributed by atoms with Gasteiger partial charge in [0.1, 0.15) is 4.90 Å². The van der Waals surface area contributed by atoms with E-state index in [0.29, 0.717) is 5.92 Å². The third-order valence-corrected chi connectivity index (χ3v) is 5.94. The molecule has 120 valence electrons. The first kappa shape index (κ1) is 18.7. The molecule has 0 heterocycles. The van der Waals surface area contributed by atoms with Gasteiger partial charge in [-0.1, -0.05) is 43.5 Å². The minimum atomic E-state index is -3.75. The fourth-order valence-corrected chi connectivity index (χ4v) is 4.23. The normalized spacial score (nSPS) is 15.0. The largest absolute Gasteiger partial charge is 0.392 e. The number of nitrogens with one attached hydrogen (secondary N) is 1. The standard InChI is InChI=1S/C14H21Cl2NO3S/c1-4-9(2)7-10(3)17-21(19,20)13-6-5-12(15)11(8-18)14(13)16/h5-6,9-10,17-18H,4,7-8H2,1-3H3. The lowest BCUT2D eigenvalue weighted by atomic mass is 10.0. The van der Waals surface area contributed by atoms with Gasteiger partial charge >= 0.3 is 0 Å². The van der Waals surface area contributed by atoms with Crippen molar-refractivity contribution in [2.24, 2.45) is 5.92 Å². The fourth-order valence-electron chi connectivity index (χ4n) is 2.08. The van der Waals surface area contributed by atoms with Crippen LogP contribution in [-0.4, -0.2) is 19.6 Å². The lowest BCUT2D eigenvalue weighted by molar-refractivity contribution is 0.281. The van der Waals surface area contributed by atoms with Crippen molar-refractivity contribution in [2.45, 2.75) is 51.2 Å². The van der Waals surface area contributed by atoms with Gasteiger partial charge in [0, 0.05) is 16.6 Å². The van der Waals surface area contributed by atoms with Gasteiger partial charge < -0.3 is 5.11 Å². The van der Waals surface area contributed by atoms with Crippen molar-refractivity contribution in [3.8, 4) is 0 Å². The molecule has 0 radical (unpaired) electrons. The van der Waals surface area contributed by atoms with E-state index in [4.69, 9.17) is 23.2 Å². The Hall–Kier alpha value is -0.330. The summed E-state index contributed by atoms with van der Waals surface area (Å²) in [6.07, 6.45) is 1.73. The highest BCUT2D eigenvalue weighted by atomic mass is 35.5. The molecule has 0 fully saturated rings. The Bertz CT molecular complexity index is 590. The smallest absolute Gasteiger partial charge is 0.242 e. The Kier molecular flexibility index (Phi) is 6.94. The van der Waals surface area contributed by atoms with Gasteiger partial charge in [-0.25, -0.2) is 13.1 Å². The maximum absolute atomic E-state index is 12.4. The Morgan fingerprint density at radius 3 is 2.43 bits per heavy atom. The van der Waals surface area contributed by atoms with Crippen molar-refractivity contribution in [1.29, 1.82) is 0 Å². The van der Waals surface area contributed by atoms with E-state index in [9.17, 15) is 13.5 Å². The van der Waals surface area contributed by atoms with Crippen molar-refractivity contribution in [2.75, 3.05) is 0 Å². The number of rotatable bonds is 7. The van der Waals surface area contributed by atoms with Crippen LogP contribution in [-0.2, 0) is 16.6 Å². The Morgan fingerprint density at radius 1 is 1.29 bits per heavy atom. The Morgan fingerprint density at radius 2 is 1.90 bits per heavy atom. The number of aliphatic hydroxyl groups is 1. The van der Waals surface area contributed by atoms with Crippen molar-refractivity contribution >= 4 is 33.2 Å². The second kappa shape index (κ2) is 7.79. The van der Waals surface area contributed by atoms with Crippen LogP contribution >= 0.6 is 23.2 Å². The van der Waals surface area contributed by atoms with E-state index in [1.54, 1.807) is 0 Å². The fraction of sp³-hybridized carbons (Fsp3) is 0.571. The van der Waals surface area contributed by atoms with Crippen LogP contribution in [0.3, 0.4) is 0 Å². The molecule has 2 N–H and O–H groups in total. The molecule has 0 aromatic heterocycles. The van der Waals surface area contributed by atoms with Crippen molar-refractivity contribution in [1.82, 2.24) is 4.72 Å². The molecule has 0 bridgehead atoms. The molecule has 21 heavy (non-hydrogen) atoms. The van der Waals surface area contributed by atoms with Gasteiger partial charge in [0.05, 0.1) is 11.6 Å². The van der Waals surface area contributed by atoms with Crippen LogP contribution in [0.5, 0.6) is 0 Å². The van der Waals surface area contributed by atoms with Crippen LogP contribution in [0.15, 0.2) is 17.0 Å². The molecule has 1 aromatic carbocycles. The lowest BCUT2D eigenvalue weighted by Crippen LogP contribution is -2.34. The molecule has 0 aliphatic carbocycles. The molecule has 4 nitrogen and oxygen atoms in total. The van der Waals surface area contributed by atoms with E-state index in [2.05, 4.69) is 18.6 Å². The summed E-state index contributed by atoms with van der Waals surface area (Å²) in [5.74, 6) is 0.427. The number of aliphatic hydroxyl groups excluding tert-OH is 1. The van der Waals surface area contributed by atoms with Gasteiger partial charge in [-0.3, -0.25) is 0 Å². The van der Waals surface area contributed by atoms with Crippen LogP contribution in [0.4, 0.5) is 0 Å². The average molecular weight is 354 g/mol. The second-order valence-electron chi connectivity index (χ2n) is 5.27. The summed E-state index contributed by atoms with van der Waals surface area (Å²) in [5.41, 5.74) is 0.218. The summed E-state index contributed by atoms with van der Waals surface area (Å²) in [6.45, 7) is 5.54. The predicted octanol–water partition coefficient (Wildman–Crippen LogP) is 3.59. The average Bonchev–Trinajstić information content (AvgIpc) is 2.37. The van der Waals surface area contributed by atoms with E-state index in [-0.39, 0.29) is 26.5 Å². The summed E-state index contributed by atoms with van der Waals surface area (Å²) in [6, 6.07) is 2.57. The van der Waals surface area contributed by atoms with Gasteiger partial charge in [0.2, 0.25) is 10.0 Å². The first-order chi connectivity index (χ1) is 9.72. The zero-order chi connectivity index (χ0) is 16.2. The molecule has 0 aliphatic rings. The van der Waals surface area contributed by atoms with Crippen molar-refractivity contribution in [3.05, 3.63) is 27.7 Å². The number of benzene rings is 1. The van der Waals surface area contributed by atoms with E-state index in [0.717, 1.165) is 12.8 Å². The quantitative estimate of drug-likeness (QED) is 0.786. The molecular weight excluding hydrogens is 333 g/mol. The van der Waals surface area contributed by atoms with Gasteiger partial charge in [-0.2, -0.15) is 0 Å². The molecular formula is C14H21Cl2NO3S. The van der Waals surface area contributed by atoms with Crippen molar-refractivity contribution in [3.63, 3.8) is 0 Å². The van der Waals surface area contributed by atoms with Gasteiger partial charge in [0.25, 0.3) is 0 Å². The van der Waals surface area contributed by atoms with Gasteiger partial charge in [-0.15, -0.1) is 0 Å². The minimum absolute atomic E-state index is 0.0340. The van der Waals surface area contributed by atoms with E-state index in [1.165, 1.54) is 12.1 Å². The molecule has 0 amide bonds. The summed E-state index contributed by atoms with van der Waals surface area (Å²) < 4.78 is 27.4. The third-order valence-electron chi connectivity index (χ3n) is 3.41. The maximum Gasteiger partial charge on any atom is 0.242 e. The molecule has 0 saturated carbocycles. The first-order valence-corrected chi connectivity index (χ1v) is 9.06. The highest BCUT2D eigenvalue weighted by Crippen LogP contribution is 2.31. The summed E-state index contributed by atoms with van der Waals surface area (Å²) in [7, 11) is -3.75.